The van der Waals surface area contributed by atoms with Crippen molar-refractivity contribution in [3.05, 3.63) is 119 Å². The lowest BCUT2D eigenvalue weighted by Gasteiger charge is -2.11. The molecular weight excluding hydrogens is 477 g/mol. The number of hydrogen-bond acceptors (Lipinski definition) is 3. The van der Waals surface area contributed by atoms with Crippen LogP contribution in [0.2, 0.25) is 0 Å². The number of H-pyrrole nitrogens is 2. The molecule has 3 aromatic heterocycles. The van der Waals surface area contributed by atoms with E-state index < -0.39 is 28.8 Å². The molecule has 0 aliphatic carbocycles. The first-order chi connectivity index (χ1) is 18.0. The molecule has 0 fully saturated rings. The van der Waals surface area contributed by atoms with E-state index in [0.29, 0.717) is 16.6 Å². The van der Waals surface area contributed by atoms with Crippen molar-refractivity contribution in [1.82, 2.24) is 15.0 Å². The number of ketones is 1. The number of nitrogens with one attached hydrogen (secondary N) is 3. The number of rotatable bonds is 6. The van der Waals surface area contributed by atoms with Crippen LogP contribution in [0.1, 0.15) is 21.5 Å². The van der Waals surface area contributed by atoms with Gasteiger partial charge in [-0.1, -0.05) is 24.3 Å². The Labute approximate surface area is 209 Å². The molecule has 0 amide bonds. The van der Waals surface area contributed by atoms with Gasteiger partial charge in [-0.3, -0.25) is 4.79 Å². The highest BCUT2D eigenvalue weighted by molar-refractivity contribution is 6.17. The number of fused-ring (bicyclic) bond motifs is 2. The molecule has 0 radical (unpaired) electrons. The Balaban J connectivity index is 1.38. The van der Waals surface area contributed by atoms with E-state index in [4.69, 9.17) is 0 Å². The number of hydrogen-bond donors (Lipinski definition) is 3. The third kappa shape index (κ3) is 4.02. The predicted molar refractivity (Wildman–Crippen MR) is 137 cm³/mol. The molecule has 3 heterocycles. The number of aromatic amines is 2. The molecule has 182 valence electrons. The van der Waals surface area contributed by atoms with Gasteiger partial charge in [0.05, 0.1) is 11.3 Å². The SMILES string of the molecule is O=C(c1c(F)ccc(NCc2cccc(F)c2)c1F)c1c[nH]c2ncc(-c3cccc4[nH]ccc34)cc12. The quantitative estimate of drug-likeness (QED) is 0.218. The maximum absolute atomic E-state index is 15.4. The zero-order valence-electron chi connectivity index (χ0n) is 19.3. The van der Waals surface area contributed by atoms with Gasteiger partial charge in [0.25, 0.3) is 0 Å². The average molecular weight is 496 g/mol. The fourth-order valence-electron chi connectivity index (χ4n) is 4.55. The van der Waals surface area contributed by atoms with Crippen molar-refractivity contribution in [1.29, 1.82) is 0 Å². The predicted octanol–water partition coefficient (Wildman–Crippen LogP) is 6.97. The number of nitrogens with zero attached hydrogens (tertiary/aromatic N) is 1. The zero-order chi connectivity index (χ0) is 25.5. The van der Waals surface area contributed by atoms with E-state index in [1.54, 1.807) is 18.3 Å². The molecule has 8 heteroatoms. The van der Waals surface area contributed by atoms with Crippen molar-refractivity contribution in [2.75, 3.05) is 5.32 Å². The van der Waals surface area contributed by atoms with Crippen LogP contribution in [0, 0.1) is 17.5 Å². The molecule has 0 aliphatic rings. The number of halogens is 3. The Kier molecular flexibility index (Phi) is 5.49. The minimum atomic E-state index is -1.02. The second-order valence-electron chi connectivity index (χ2n) is 8.66. The number of benzene rings is 3. The molecule has 0 saturated carbocycles. The van der Waals surface area contributed by atoms with Crippen LogP contribution in [-0.2, 0) is 6.54 Å². The molecule has 3 aromatic carbocycles. The van der Waals surface area contributed by atoms with Crippen molar-refractivity contribution in [3.63, 3.8) is 0 Å². The molecule has 0 saturated heterocycles. The lowest BCUT2D eigenvalue weighted by atomic mass is 9.98. The van der Waals surface area contributed by atoms with Crippen molar-refractivity contribution < 1.29 is 18.0 Å². The fourth-order valence-corrected chi connectivity index (χ4v) is 4.55. The molecule has 0 bridgehead atoms. The van der Waals surface area contributed by atoms with Crippen molar-refractivity contribution >= 4 is 33.4 Å². The number of carbonyl (C=O) groups is 1. The summed E-state index contributed by atoms with van der Waals surface area (Å²) < 4.78 is 43.7. The molecule has 3 N–H and O–H groups in total. The van der Waals surface area contributed by atoms with Gasteiger partial charge in [0.2, 0.25) is 5.78 Å². The van der Waals surface area contributed by atoms with Gasteiger partial charge in [0, 0.05) is 52.6 Å². The Morgan fingerprint density at radius 2 is 1.78 bits per heavy atom. The first-order valence-electron chi connectivity index (χ1n) is 11.5. The highest BCUT2D eigenvalue weighted by Crippen LogP contribution is 2.32. The van der Waals surface area contributed by atoms with Gasteiger partial charge in [-0.05, 0) is 53.6 Å². The molecule has 6 rings (SSSR count). The fraction of sp³-hybridized carbons (Fsp3) is 0.0345. The van der Waals surface area contributed by atoms with E-state index in [1.807, 2.05) is 30.5 Å². The normalized spacial score (nSPS) is 11.3. The van der Waals surface area contributed by atoms with E-state index in [1.165, 1.54) is 30.5 Å². The Bertz CT molecular complexity index is 1800. The highest BCUT2D eigenvalue weighted by Gasteiger charge is 2.24. The van der Waals surface area contributed by atoms with E-state index in [2.05, 4.69) is 20.3 Å². The molecule has 0 spiro atoms. The second kappa shape index (κ2) is 8.98. The van der Waals surface area contributed by atoms with Gasteiger partial charge in [0.15, 0.2) is 5.82 Å². The lowest BCUT2D eigenvalue weighted by molar-refractivity contribution is 0.103. The lowest BCUT2D eigenvalue weighted by Crippen LogP contribution is -2.11. The minimum absolute atomic E-state index is 0.0631. The average Bonchev–Trinajstić information content (AvgIpc) is 3.55. The Hall–Kier alpha value is -4.85. The van der Waals surface area contributed by atoms with E-state index in [-0.39, 0.29) is 17.8 Å². The summed E-state index contributed by atoms with van der Waals surface area (Å²) in [4.78, 5) is 24.0. The Morgan fingerprint density at radius 3 is 2.65 bits per heavy atom. The van der Waals surface area contributed by atoms with Crippen LogP contribution in [-0.4, -0.2) is 20.7 Å². The monoisotopic (exact) mass is 496 g/mol. The number of carbonyl (C=O) groups excluding carboxylic acids is 1. The van der Waals surface area contributed by atoms with Gasteiger partial charge >= 0.3 is 0 Å². The maximum atomic E-state index is 15.4. The molecule has 37 heavy (non-hydrogen) atoms. The molecule has 5 nitrogen and oxygen atoms in total. The third-order valence-corrected chi connectivity index (χ3v) is 6.37. The van der Waals surface area contributed by atoms with Crippen molar-refractivity contribution in [2.24, 2.45) is 0 Å². The topological polar surface area (TPSA) is 73.6 Å². The first-order valence-corrected chi connectivity index (χ1v) is 11.5. The highest BCUT2D eigenvalue weighted by atomic mass is 19.1. The maximum Gasteiger partial charge on any atom is 0.201 e. The molecule has 0 unspecified atom stereocenters. The van der Waals surface area contributed by atoms with Gasteiger partial charge in [-0.2, -0.15) is 0 Å². The summed E-state index contributed by atoms with van der Waals surface area (Å²) in [5.41, 5.74) is 2.99. The molecule has 0 atom stereocenters. The minimum Gasteiger partial charge on any atom is -0.379 e. The van der Waals surface area contributed by atoms with Crippen molar-refractivity contribution in [2.45, 2.75) is 6.54 Å². The first kappa shape index (κ1) is 22.6. The molecule has 0 aliphatic heterocycles. The van der Waals surface area contributed by atoms with E-state index >= 15 is 4.39 Å². The largest absolute Gasteiger partial charge is 0.379 e. The van der Waals surface area contributed by atoms with Gasteiger partial charge < -0.3 is 15.3 Å². The van der Waals surface area contributed by atoms with Crippen LogP contribution in [0.5, 0.6) is 0 Å². The summed E-state index contributed by atoms with van der Waals surface area (Å²) in [5.74, 6) is -3.23. The van der Waals surface area contributed by atoms with Crippen LogP contribution < -0.4 is 5.32 Å². The summed E-state index contributed by atoms with van der Waals surface area (Å²) in [7, 11) is 0. The Morgan fingerprint density at radius 1 is 0.919 bits per heavy atom. The van der Waals surface area contributed by atoms with Gasteiger partial charge in [-0.25, -0.2) is 18.2 Å². The smallest absolute Gasteiger partial charge is 0.201 e. The van der Waals surface area contributed by atoms with Gasteiger partial charge in [0.1, 0.15) is 17.3 Å². The second-order valence-corrected chi connectivity index (χ2v) is 8.66. The van der Waals surface area contributed by atoms with Crippen LogP contribution in [0.25, 0.3) is 33.1 Å². The van der Waals surface area contributed by atoms with Crippen LogP contribution in [0.15, 0.2) is 85.3 Å². The standard InChI is InChI=1S/C29H19F3N4O/c30-18-4-1-3-16(11-18)13-34-25-8-7-23(31)26(27(25)32)28(37)22-15-36-29-21(22)12-17(14-35-29)19-5-2-6-24-20(19)9-10-33-24/h1-12,14-15,33-34H,13H2,(H,35,36). The van der Waals surface area contributed by atoms with Crippen LogP contribution in [0.4, 0.5) is 18.9 Å². The molecule has 6 aromatic rings. The summed E-state index contributed by atoms with van der Waals surface area (Å²) >= 11 is 0. The summed E-state index contributed by atoms with van der Waals surface area (Å²) in [6.07, 6.45) is 4.94. The molecular formula is C29H19F3N4O. The van der Waals surface area contributed by atoms with E-state index in [9.17, 15) is 13.6 Å². The van der Waals surface area contributed by atoms with Crippen LogP contribution >= 0.6 is 0 Å². The summed E-state index contributed by atoms with van der Waals surface area (Å²) in [6.45, 7) is 0.0962. The van der Waals surface area contributed by atoms with Gasteiger partial charge in [-0.15, -0.1) is 0 Å². The van der Waals surface area contributed by atoms with Crippen LogP contribution in [0.3, 0.4) is 0 Å². The number of pyridine rings is 1. The number of anilines is 1. The summed E-state index contributed by atoms with van der Waals surface area (Å²) in [5, 5.41) is 4.26. The zero-order valence-corrected chi connectivity index (χ0v) is 19.3. The summed E-state index contributed by atoms with van der Waals surface area (Å²) in [6, 6.07) is 17.6. The van der Waals surface area contributed by atoms with E-state index in [0.717, 1.165) is 28.1 Å². The van der Waals surface area contributed by atoms with Crippen molar-refractivity contribution in [3.8, 4) is 11.1 Å². The third-order valence-electron chi connectivity index (χ3n) is 6.37. The number of aromatic nitrogens is 3.